The summed E-state index contributed by atoms with van der Waals surface area (Å²) in [5, 5.41) is 23.5. The number of hydrogen-bond acceptors (Lipinski definition) is 5. The Morgan fingerprint density at radius 2 is 1.45 bits per heavy atom. The average molecular weight is 462 g/mol. The Labute approximate surface area is 192 Å². The Balaban J connectivity index is 1.63. The first-order chi connectivity index (χ1) is 15.9. The maximum Gasteiger partial charge on any atom is 0.321 e. The summed E-state index contributed by atoms with van der Waals surface area (Å²) in [5.41, 5.74) is 1.23. The fourth-order valence-electron chi connectivity index (χ4n) is 3.81. The van der Waals surface area contributed by atoms with Crippen LogP contribution >= 0.6 is 0 Å². The van der Waals surface area contributed by atoms with Crippen LogP contribution in [0.2, 0.25) is 0 Å². The smallest absolute Gasteiger partial charge is 0.321 e. The molecule has 1 atom stereocenters. The molecule has 3 N–H and O–H groups in total. The van der Waals surface area contributed by atoms with Crippen molar-refractivity contribution in [2.75, 3.05) is 0 Å². The summed E-state index contributed by atoms with van der Waals surface area (Å²) in [6.45, 7) is 0.0647. The van der Waals surface area contributed by atoms with Crippen LogP contribution in [0.1, 0.15) is 11.1 Å². The lowest BCUT2D eigenvalue weighted by atomic mass is 10.1. The third kappa shape index (κ3) is 4.89. The highest BCUT2D eigenvalue weighted by molar-refractivity contribution is 7.91. The van der Waals surface area contributed by atoms with Gasteiger partial charge in [-0.25, -0.2) is 8.42 Å². The molecule has 6 nitrogen and oxygen atoms in total. The van der Waals surface area contributed by atoms with Crippen molar-refractivity contribution in [1.29, 1.82) is 0 Å². The predicted molar refractivity (Wildman–Crippen MR) is 126 cm³/mol. The number of phenols is 1. The number of hydrogen-bond donors (Lipinski definition) is 3. The van der Waals surface area contributed by atoms with E-state index in [0.717, 1.165) is 10.9 Å². The van der Waals surface area contributed by atoms with Crippen molar-refractivity contribution in [2.45, 2.75) is 28.8 Å². The number of benzene rings is 4. The summed E-state index contributed by atoms with van der Waals surface area (Å²) >= 11 is 0. The zero-order valence-electron chi connectivity index (χ0n) is 17.7. The molecule has 0 fully saturated rings. The van der Waals surface area contributed by atoms with E-state index in [1.54, 1.807) is 60.7 Å². The van der Waals surface area contributed by atoms with Crippen LogP contribution in [0.25, 0.3) is 10.8 Å². The van der Waals surface area contributed by atoms with Crippen LogP contribution in [-0.2, 0) is 27.6 Å². The summed E-state index contributed by atoms with van der Waals surface area (Å²) in [5.74, 6) is -0.941. The van der Waals surface area contributed by atoms with E-state index in [0.29, 0.717) is 10.9 Å². The molecule has 0 bridgehead atoms. The minimum absolute atomic E-state index is 0.0647. The minimum Gasteiger partial charge on any atom is -0.508 e. The first kappa shape index (κ1) is 22.5. The lowest BCUT2D eigenvalue weighted by Gasteiger charge is -2.17. The molecule has 0 spiro atoms. The molecule has 7 heteroatoms. The maximum atomic E-state index is 13.6. The van der Waals surface area contributed by atoms with E-state index < -0.39 is 21.8 Å². The van der Waals surface area contributed by atoms with Crippen molar-refractivity contribution in [3.05, 3.63) is 102 Å². The summed E-state index contributed by atoms with van der Waals surface area (Å²) in [4.78, 5) is 12.2. The largest absolute Gasteiger partial charge is 0.508 e. The molecule has 0 aliphatic carbocycles. The number of aliphatic carboxylic acids is 1. The Bertz CT molecular complexity index is 1390. The molecule has 0 heterocycles. The Morgan fingerprint density at radius 3 is 2.21 bits per heavy atom. The lowest BCUT2D eigenvalue weighted by molar-refractivity contribution is -0.139. The van der Waals surface area contributed by atoms with Gasteiger partial charge < -0.3 is 10.2 Å². The maximum absolute atomic E-state index is 13.6. The number of phenolic OH excluding ortho intramolecular Hbond substituents is 1. The molecule has 0 saturated heterocycles. The number of carbonyl (C=O) groups is 1. The molecular weight excluding hydrogens is 438 g/mol. The van der Waals surface area contributed by atoms with E-state index in [1.165, 1.54) is 12.1 Å². The normalized spacial score (nSPS) is 12.5. The molecule has 1 unspecified atom stereocenters. The Morgan fingerprint density at radius 1 is 0.818 bits per heavy atom. The average Bonchev–Trinajstić information content (AvgIpc) is 2.82. The van der Waals surface area contributed by atoms with E-state index in [-0.39, 0.29) is 28.5 Å². The third-order valence-electron chi connectivity index (χ3n) is 5.51. The van der Waals surface area contributed by atoms with Gasteiger partial charge in [-0.2, -0.15) is 0 Å². The highest BCUT2D eigenvalue weighted by Gasteiger charge is 2.24. The van der Waals surface area contributed by atoms with Gasteiger partial charge in [0.25, 0.3) is 0 Å². The first-order valence-electron chi connectivity index (χ1n) is 10.4. The van der Waals surface area contributed by atoms with Gasteiger partial charge in [-0.1, -0.05) is 66.7 Å². The van der Waals surface area contributed by atoms with Crippen molar-refractivity contribution in [3.63, 3.8) is 0 Å². The molecule has 0 radical (unpaired) electrons. The van der Waals surface area contributed by atoms with Crippen LogP contribution in [0.3, 0.4) is 0 Å². The summed E-state index contributed by atoms with van der Waals surface area (Å²) < 4.78 is 27.2. The van der Waals surface area contributed by atoms with Gasteiger partial charge >= 0.3 is 5.97 Å². The molecule has 4 aromatic rings. The SMILES string of the molecule is O=C(O)C(Cc1ccc(O)cc1)NCc1ccccc1S(=O)(=O)c1cccc2ccccc12. The molecule has 0 saturated carbocycles. The molecule has 0 aliphatic rings. The molecule has 33 heavy (non-hydrogen) atoms. The standard InChI is InChI=1S/C26H23NO5S/c28-21-14-12-18(13-15-21)16-23(26(29)30)27-17-20-7-2-4-10-24(20)33(31,32)25-11-5-8-19-6-1-3-9-22(19)25/h1-15,23,27-28H,16-17H2,(H,29,30). The van der Waals surface area contributed by atoms with E-state index in [1.807, 2.05) is 18.2 Å². The third-order valence-corrected chi connectivity index (χ3v) is 7.43. The molecule has 0 aliphatic heterocycles. The van der Waals surface area contributed by atoms with Gasteiger partial charge in [-0.05, 0) is 47.2 Å². The summed E-state index contributed by atoms with van der Waals surface area (Å²) in [7, 11) is -3.84. The molecule has 168 valence electrons. The van der Waals surface area contributed by atoms with Gasteiger partial charge in [-0.3, -0.25) is 10.1 Å². The number of fused-ring (bicyclic) bond motifs is 1. The highest BCUT2D eigenvalue weighted by atomic mass is 32.2. The van der Waals surface area contributed by atoms with E-state index in [4.69, 9.17) is 0 Å². The molecule has 4 rings (SSSR count). The predicted octanol–water partition coefficient (Wildman–Crippen LogP) is 4.16. The van der Waals surface area contributed by atoms with Gasteiger partial charge in [-0.15, -0.1) is 0 Å². The van der Waals surface area contributed by atoms with Crippen molar-refractivity contribution in [1.82, 2.24) is 5.32 Å². The first-order valence-corrected chi connectivity index (χ1v) is 11.9. The van der Waals surface area contributed by atoms with Crippen LogP contribution in [0.5, 0.6) is 5.75 Å². The molecule has 0 amide bonds. The summed E-state index contributed by atoms with van der Waals surface area (Å²) in [6.07, 6.45) is 0.188. The Hall–Kier alpha value is -3.68. The fraction of sp³-hybridized carbons (Fsp3) is 0.115. The number of carboxylic acid groups (broad SMARTS) is 1. The molecule has 0 aromatic heterocycles. The van der Waals surface area contributed by atoms with Crippen molar-refractivity contribution in [2.24, 2.45) is 0 Å². The highest BCUT2D eigenvalue weighted by Crippen LogP contribution is 2.30. The fourth-order valence-corrected chi connectivity index (χ4v) is 5.52. The Kier molecular flexibility index (Phi) is 6.44. The van der Waals surface area contributed by atoms with E-state index in [2.05, 4.69) is 5.32 Å². The van der Waals surface area contributed by atoms with Crippen LogP contribution < -0.4 is 5.32 Å². The number of carboxylic acids is 1. The number of nitrogens with one attached hydrogen (secondary N) is 1. The number of sulfone groups is 1. The van der Waals surface area contributed by atoms with Crippen molar-refractivity contribution in [3.8, 4) is 5.75 Å². The molecular formula is C26H23NO5S. The van der Waals surface area contributed by atoms with Crippen LogP contribution in [0, 0.1) is 0 Å². The van der Waals surface area contributed by atoms with E-state index in [9.17, 15) is 23.4 Å². The number of aromatic hydroxyl groups is 1. The van der Waals surface area contributed by atoms with E-state index >= 15 is 0 Å². The van der Waals surface area contributed by atoms with Gasteiger partial charge in [0.05, 0.1) is 9.79 Å². The molecule has 4 aromatic carbocycles. The zero-order valence-corrected chi connectivity index (χ0v) is 18.5. The minimum atomic E-state index is -3.84. The van der Waals surface area contributed by atoms with Gasteiger partial charge in [0.2, 0.25) is 9.84 Å². The van der Waals surface area contributed by atoms with Crippen LogP contribution in [0.15, 0.2) is 101 Å². The number of rotatable bonds is 8. The lowest BCUT2D eigenvalue weighted by Crippen LogP contribution is -2.38. The summed E-state index contributed by atoms with van der Waals surface area (Å²) in [6, 6.07) is 24.5. The second-order valence-corrected chi connectivity index (χ2v) is 9.62. The van der Waals surface area contributed by atoms with Gasteiger partial charge in [0.15, 0.2) is 0 Å². The van der Waals surface area contributed by atoms with Crippen molar-refractivity contribution < 1.29 is 23.4 Å². The second kappa shape index (κ2) is 9.44. The van der Waals surface area contributed by atoms with Gasteiger partial charge in [0, 0.05) is 11.9 Å². The monoisotopic (exact) mass is 461 g/mol. The van der Waals surface area contributed by atoms with Crippen LogP contribution in [0.4, 0.5) is 0 Å². The van der Waals surface area contributed by atoms with Gasteiger partial charge in [0.1, 0.15) is 11.8 Å². The van der Waals surface area contributed by atoms with Crippen molar-refractivity contribution >= 4 is 26.6 Å². The second-order valence-electron chi connectivity index (χ2n) is 7.73. The zero-order chi connectivity index (χ0) is 23.4. The topological polar surface area (TPSA) is 104 Å². The van der Waals surface area contributed by atoms with Crippen LogP contribution in [-0.4, -0.2) is 30.6 Å². The quantitative estimate of drug-likeness (QED) is 0.364.